The Kier molecular flexibility index (Phi) is 6.34. The van der Waals surface area contributed by atoms with Gasteiger partial charge < -0.3 is 14.4 Å². The summed E-state index contributed by atoms with van der Waals surface area (Å²) in [5, 5.41) is 0.825. The third-order valence-electron chi connectivity index (χ3n) is 3.96. The summed E-state index contributed by atoms with van der Waals surface area (Å²) in [5.41, 5.74) is 1.15. The summed E-state index contributed by atoms with van der Waals surface area (Å²) >= 11 is 6.12. The van der Waals surface area contributed by atoms with E-state index in [4.69, 9.17) is 21.1 Å². The lowest BCUT2D eigenvalue weighted by Gasteiger charge is -2.32. The van der Waals surface area contributed by atoms with E-state index in [0.717, 1.165) is 55.4 Å². The Balaban J connectivity index is 1.72. The van der Waals surface area contributed by atoms with E-state index in [0.29, 0.717) is 12.2 Å². The molecule has 2 rings (SSSR count). The summed E-state index contributed by atoms with van der Waals surface area (Å²) in [6.07, 6.45) is 2.74. The van der Waals surface area contributed by atoms with E-state index in [-0.39, 0.29) is 0 Å². The lowest BCUT2D eigenvalue weighted by atomic mass is 10.1. The van der Waals surface area contributed by atoms with Gasteiger partial charge in [0.15, 0.2) is 0 Å². The first kappa shape index (κ1) is 16.6. The van der Waals surface area contributed by atoms with Crippen molar-refractivity contribution in [3.05, 3.63) is 28.8 Å². The van der Waals surface area contributed by atoms with Crippen LogP contribution in [-0.2, 0) is 11.2 Å². The van der Waals surface area contributed by atoms with Crippen molar-refractivity contribution in [2.45, 2.75) is 45.8 Å². The molecule has 1 aromatic carbocycles. The Labute approximate surface area is 133 Å². The Morgan fingerprint density at radius 1 is 1.29 bits per heavy atom. The van der Waals surface area contributed by atoms with Crippen LogP contribution in [-0.4, -0.2) is 38.4 Å². The predicted octanol–water partition coefficient (Wildman–Crippen LogP) is 2.36. The molecule has 1 saturated heterocycles. The molecule has 0 amide bonds. The molecule has 1 aliphatic heterocycles. The van der Waals surface area contributed by atoms with E-state index < -0.39 is 0 Å². The van der Waals surface area contributed by atoms with Crippen molar-refractivity contribution < 1.29 is 14.4 Å². The third kappa shape index (κ3) is 5.17. The molecule has 0 saturated carbocycles. The largest absolute Gasteiger partial charge is 0.493 e. The number of benzene rings is 1. The molecule has 2 atom stereocenters. The van der Waals surface area contributed by atoms with Crippen LogP contribution in [0.3, 0.4) is 0 Å². The number of ether oxygens (including phenoxy) is 2. The van der Waals surface area contributed by atoms with Gasteiger partial charge in [0.1, 0.15) is 31.0 Å². The smallest absolute Gasteiger partial charge is 0.119 e. The van der Waals surface area contributed by atoms with Gasteiger partial charge in [-0.15, -0.1) is 0 Å². The number of morpholine rings is 1. The van der Waals surface area contributed by atoms with Crippen LogP contribution in [0.4, 0.5) is 0 Å². The molecule has 4 heteroatoms. The predicted molar refractivity (Wildman–Crippen MR) is 86.5 cm³/mol. The molecule has 0 aromatic heterocycles. The van der Waals surface area contributed by atoms with Crippen LogP contribution in [0.5, 0.6) is 5.75 Å². The highest BCUT2D eigenvalue weighted by Gasteiger charge is 2.24. The van der Waals surface area contributed by atoms with Crippen LogP contribution in [0.2, 0.25) is 5.02 Å². The zero-order valence-electron chi connectivity index (χ0n) is 13.3. The maximum Gasteiger partial charge on any atom is 0.119 e. The first-order valence-electron chi connectivity index (χ1n) is 7.98. The van der Waals surface area contributed by atoms with Gasteiger partial charge in [-0.25, -0.2) is 0 Å². The highest BCUT2D eigenvalue weighted by molar-refractivity contribution is 6.31. The molecule has 0 bridgehead atoms. The molecular formula is C17H27ClNO2+. The molecule has 0 spiro atoms. The van der Waals surface area contributed by atoms with E-state index in [1.54, 1.807) is 4.90 Å². The van der Waals surface area contributed by atoms with E-state index in [2.05, 4.69) is 20.8 Å². The number of rotatable bonds is 6. The van der Waals surface area contributed by atoms with Gasteiger partial charge in [0, 0.05) is 11.4 Å². The first-order chi connectivity index (χ1) is 10.1. The van der Waals surface area contributed by atoms with Gasteiger partial charge in [0.05, 0.1) is 13.2 Å². The van der Waals surface area contributed by atoms with Crippen LogP contribution in [0.15, 0.2) is 18.2 Å². The van der Waals surface area contributed by atoms with Gasteiger partial charge in [0.25, 0.3) is 0 Å². The van der Waals surface area contributed by atoms with E-state index in [1.165, 1.54) is 0 Å². The maximum atomic E-state index is 6.12. The molecule has 21 heavy (non-hydrogen) atoms. The summed E-state index contributed by atoms with van der Waals surface area (Å²) in [5.74, 6) is 0.926. The van der Waals surface area contributed by atoms with Gasteiger partial charge in [-0.05, 0) is 44.0 Å². The van der Waals surface area contributed by atoms with Gasteiger partial charge in [-0.3, -0.25) is 0 Å². The van der Waals surface area contributed by atoms with E-state index in [9.17, 15) is 0 Å². The average molecular weight is 313 g/mol. The number of aryl methyl sites for hydroxylation is 1. The summed E-state index contributed by atoms with van der Waals surface area (Å²) in [7, 11) is 0. The van der Waals surface area contributed by atoms with Crippen LogP contribution in [0.25, 0.3) is 0 Å². The fraction of sp³-hybridized carbons (Fsp3) is 0.647. The van der Waals surface area contributed by atoms with Crippen LogP contribution >= 0.6 is 11.6 Å². The summed E-state index contributed by atoms with van der Waals surface area (Å²) in [4.78, 5) is 1.62. The molecular weight excluding hydrogens is 286 g/mol. The second-order valence-electron chi connectivity index (χ2n) is 5.97. The van der Waals surface area contributed by atoms with Crippen molar-refractivity contribution in [3.63, 3.8) is 0 Å². The van der Waals surface area contributed by atoms with Crippen LogP contribution in [0, 0.1) is 0 Å². The SMILES string of the molecule is CCc1cc(OCCC[NH+]2C[C@@H](C)O[C@H](C)C2)ccc1Cl. The van der Waals surface area contributed by atoms with Crippen molar-refractivity contribution >= 4 is 11.6 Å². The van der Waals surface area contributed by atoms with E-state index >= 15 is 0 Å². The average Bonchev–Trinajstić information content (AvgIpc) is 2.44. The molecule has 1 heterocycles. The minimum absolute atomic E-state index is 0.369. The third-order valence-corrected chi connectivity index (χ3v) is 4.33. The van der Waals surface area contributed by atoms with Crippen molar-refractivity contribution in [2.24, 2.45) is 0 Å². The molecule has 1 aromatic rings. The highest BCUT2D eigenvalue weighted by atomic mass is 35.5. The number of quaternary nitrogens is 1. The minimum Gasteiger partial charge on any atom is -0.493 e. The Hall–Kier alpha value is -0.770. The quantitative estimate of drug-likeness (QED) is 0.815. The minimum atomic E-state index is 0.369. The Morgan fingerprint density at radius 3 is 2.67 bits per heavy atom. The maximum absolute atomic E-state index is 6.12. The normalized spacial score (nSPS) is 25.8. The second-order valence-corrected chi connectivity index (χ2v) is 6.38. The fourth-order valence-corrected chi connectivity index (χ4v) is 3.27. The fourth-order valence-electron chi connectivity index (χ4n) is 3.02. The molecule has 1 aliphatic rings. The van der Waals surface area contributed by atoms with Crippen molar-refractivity contribution in [1.29, 1.82) is 0 Å². The molecule has 0 aliphatic carbocycles. The van der Waals surface area contributed by atoms with Crippen molar-refractivity contribution in [1.82, 2.24) is 0 Å². The monoisotopic (exact) mass is 312 g/mol. The summed E-state index contributed by atoms with van der Waals surface area (Å²) in [6.45, 7) is 10.5. The van der Waals surface area contributed by atoms with Crippen molar-refractivity contribution in [2.75, 3.05) is 26.2 Å². The molecule has 1 fully saturated rings. The van der Waals surface area contributed by atoms with Crippen LogP contribution < -0.4 is 9.64 Å². The first-order valence-corrected chi connectivity index (χ1v) is 8.36. The molecule has 118 valence electrons. The molecule has 0 unspecified atom stereocenters. The number of halogens is 1. The van der Waals surface area contributed by atoms with E-state index in [1.807, 2.05) is 18.2 Å². The highest BCUT2D eigenvalue weighted by Crippen LogP contribution is 2.22. The van der Waals surface area contributed by atoms with Gasteiger partial charge in [0.2, 0.25) is 0 Å². The van der Waals surface area contributed by atoms with Crippen LogP contribution in [0.1, 0.15) is 32.8 Å². The van der Waals surface area contributed by atoms with Crippen molar-refractivity contribution in [3.8, 4) is 5.75 Å². The lowest BCUT2D eigenvalue weighted by Crippen LogP contribution is -3.15. The zero-order chi connectivity index (χ0) is 15.2. The van der Waals surface area contributed by atoms with Gasteiger partial charge >= 0.3 is 0 Å². The number of hydrogen-bond acceptors (Lipinski definition) is 2. The summed E-state index contributed by atoms with van der Waals surface area (Å²) in [6, 6.07) is 5.92. The van der Waals surface area contributed by atoms with Gasteiger partial charge in [-0.1, -0.05) is 18.5 Å². The Morgan fingerprint density at radius 2 is 2.00 bits per heavy atom. The van der Waals surface area contributed by atoms with Gasteiger partial charge in [-0.2, -0.15) is 0 Å². The summed E-state index contributed by atoms with van der Waals surface area (Å²) < 4.78 is 11.6. The molecule has 1 N–H and O–H groups in total. The Bertz CT molecular complexity index is 442. The molecule has 0 radical (unpaired) electrons. The number of nitrogens with one attached hydrogen (secondary N) is 1. The lowest BCUT2D eigenvalue weighted by molar-refractivity contribution is -0.915. The molecule has 3 nitrogen and oxygen atoms in total. The second kappa shape index (κ2) is 8.02. The number of hydrogen-bond donors (Lipinski definition) is 1. The standard InChI is InChI=1S/C17H26ClNO2/c1-4-15-10-16(6-7-17(15)18)20-9-5-8-19-11-13(2)21-14(3)12-19/h6-7,10,13-14H,4-5,8-9,11-12H2,1-3H3/p+1/t13-,14-/m1/s1. The zero-order valence-corrected chi connectivity index (χ0v) is 14.1. The topological polar surface area (TPSA) is 22.9 Å².